The van der Waals surface area contributed by atoms with Gasteiger partial charge in [-0.3, -0.25) is 9.83 Å². The molecule has 0 aliphatic heterocycles. The maximum Gasteiger partial charge on any atom is 1.00 e. The predicted octanol–water partition coefficient (Wildman–Crippen LogP) is -0.645. The summed E-state index contributed by atoms with van der Waals surface area (Å²) >= 11 is 0.0921. The molecule has 0 aliphatic carbocycles. The molecule has 0 N–H and O–H groups in total. The summed E-state index contributed by atoms with van der Waals surface area (Å²) in [5, 5.41) is 11.0. The minimum atomic E-state index is -6.36. The van der Waals surface area contributed by atoms with Crippen LogP contribution < -0.4 is 34.8 Å². The van der Waals surface area contributed by atoms with E-state index in [0.717, 1.165) is 6.92 Å². The number of hydrogen-bond acceptors (Lipinski definition) is 6. The van der Waals surface area contributed by atoms with Gasteiger partial charge in [-0.15, -0.1) is 0 Å². The fourth-order valence-corrected chi connectivity index (χ4v) is 1.35. The summed E-state index contributed by atoms with van der Waals surface area (Å²) in [5.74, 6) is -19.5. The van der Waals surface area contributed by atoms with E-state index in [-0.39, 0.29) is 41.6 Å². The quantitative estimate of drug-likeness (QED) is 0.121. The first-order chi connectivity index (χ1) is 10.3. The Morgan fingerprint density at radius 3 is 2.08 bits per heavy atom. The minimum absolute atomic E-state index is 0. The number of esters is 1. The van der Waals surface area contributed by atoms with E-state index >= 15 is 0 Å². The van der Waals surface area contributed by atoms with Crippen molar-refractivity contribution >= 4 is 18.0 Å². The van der Waals surface area contributed by atoms with Gasteiger partial charge < -0.3 is 9.99 Å². The Morgan fingerprint density at radius 1 is 1.17 bits per heavy atom. The molecule has 0 bridgehead atoms. The van der Waals surface area contributed by atoms with Crippen LogP contribution >= 0.6 is 12.0 Å². The topological polar surface area (TPSA) is 67.8 Å². The van der Waals surface area contributed by atoms with Crippen molar-refractivity contribution in [1.82, 2.24) is 0 Å². The van der Waals surface area contributed by atoms with E-state index in [1.807, 2.05) is 0 Å². The van der Waals surface area contributed by atoms with E-state index in [1.54, 1.807) is 0 Å². The Bertz CT molecular complexity index is 400. The van der Waals surface area contributed by atoms with Gasteiger partial charge >= 0.3 is 59.7 Å². The molecule has 0 aliphatic rings. The molecule has 0 saturated heterocycles. The average Bonchev–Trinajstić information content (AvgIpc) is 2.43. The van der Waals surface area contributed by atoms with Gasteiger partial charge in [0.25, 0.3) is 0 Å². The molecule has 15 heteroatoms. The molecule has 1 atom stereocenters. The molecule has 0 radical (unpaired) electrons. The van der Waals surface area contributed by atoms with E-state index in [1.165, 1.54) is 0 Å². The minimum Gasteiger partial charge on any atom is -0.691 e. The Labute approximate surface area is 156 Å². The van der Waals surface area contributed by atoms with Crippen molar-refractivity contribution in [2.75, 3.05) is 6.61 Å². The molecule has 0 amide bonds. The third-order valence-corrected chi connectivity index (χ3v) is 2.97. The van der Waals surface area contributed by atoms with Gasteiger partial charge in [-0.25, -0.2) is 8.78 Å². The molecular formula is C9H9F8NaO5S. The Kier molecular flexibility index (Phi) is 11.3. The second-order valence-corrected chi connectivity index (χ2v) is 5.03. The summed E-state index contributed by atoms with van der Waals surface area (Å²) in [7, 11) is 0. The van der Waals surface area contributed by atoms with E-state index in [9.17, 15) is 45.2 Å². The van der Waals surface area contributed by atoms with Crippen LogP contribution in [-0.4, -0.2) is 42.0 Å². The molecule has 0 rings (SSSR count). The fourth-order valence-electron chi connectivity index (χ4n) is 1.05. The summed E-state index contributed by atoms with van der Waals surface area (Å²) in [5.41, 5.74) is 0. The van der Waals surface area contributed by atoms with Gasteiger partial charge in [0.2, 0.25) is 0 Å². The molecular weight excluding hydrogens is 395 g/mol. The van der Waals surface area contributed by atoms with Gasteiger partial charge in [0, 0.05) is 12.0 Å². The second-order valence-electron chi connectivity index (χ2n) is 3.99. The maximum atomic E-state index is 13.1. The number of rotatable bonds is 10. The number of ether oxygens (including phenoxy) is 1. The third kappa shape index (κ3) is 6.46. The van der Waals surface area contributed by atoms with Crippen LogP contribution in [0.3, 0.4) is 0 Å². The Hall–Kier alpha value is 0.140. The van der Waals surface area contributed by atoms with Crippen LogP contribution in [0.1, 0.15) is 13.3 Å². The van der Waals surface area contributed by atoms with Crippen molar-refractivity contribution in [3.8, 4) is 0 Å². The third-order valence-electron chi connectivity index (χ3n) is 2.36. The van der Waals surface area contributed by atoms with Gasteiger partial charge in [-0.05, 0) is 6.92 Å². The monoisotopic (exact) mass is 404 g/mol. The molecule has 0 spiro atoms. The van der Waals surface area contributed by atoms with Crippen LogP contribution in [0.15, 0.2) is 0 Å². The summed E-state index contributed by atoms with van der Waals surface area (Å²) in [6.07, 6.45) is -7.16. The van der Waals surface area contributed by atoms with Gasteiger partial charge in [0.05, 0.1) is 13.0 Å². The number of halogens is 8. The molecule has 0 saturated carbocycles. The zero-order valence-corrected chi connectivity index (χ0v) is 14.9. The first-order valence-electron chi connectivity index (χ1n) is 5.51. The average molecular weight is 404 g/mol. The normalized spacial score (nSPS) is 14.3. The first-order valence-corrected chi connectivity index (χ1v) is 6.32. The van der Waals surface area contributed by atoms with Gasteiger partial charge in [-0.1, -0.05) is 0 Å². The fraction of sp³-hybridized carbons (Fsp3) is 0.889. The first kappa shape index (κ1) is 26.4. The Morgan fingerprint density at radius 2 is 1.67 bits per heavy atom. The smallest absolute Gasteiger partial charge is 0.691 e. The molecule has 24 heavy (non-hydrogen) atoms. The van der Waals surface area contributed by atoms with E-state index in [4.69, 9.17) is 0 Å². The number of alkyl halides is 8. The van der Waals surface area contributed by atoms with E-state index < -0.39 is 48.4 Å². The summed E-state index contributed by atoms with van der Waals surface area (Å²) < 4.78 is 108. The Balaban J connectivity index is 0. The predicted molar refractivity (Wildman–Crippen MR) is 55.6 cm³/mol. The van der Waals surface area contributed by atoms with Crippen molar-refractivity contribution in [1.29, 1.82) is 0 Å². The number of hydrogen-bond donors (Lipinski definition) is 0. The SMILES string of the molecule is CC(SOO[O-])C(=O)OCCC(F)(F)C(F)(F)C(F)(F)C(F)F.[Na+]. The second kappa shape index (κ2) is 10.3. The summed E-state index contributed by atoms with van der Waals surface area (Å²) in [6.45, 7) is -0.423. The standard InChI is InChI=1S/C9H10F8O5S.Na/c1-4(23-22-21-19)5(18)20-3-2-7(12,13)9(16,17)8(14,15)6(10)11;/h4,6,19H,2-3H2,1H3;/q;+1/p-1. The molecule has 0 heterocycles. The van der Waals surface area contributed by atoms with Gasteiger partial charge in [-0.2, -0.15) is 30.7 Å². The van der Waals surface area contributed by atoms with Crippen molar-refractivity contribution in [3.63, 3.8) is 0 Å². The molecule has 0 aromatic heterocycles. The van der Waals surface area contributed by atoms with Crippen LogP contribution in [0.25, 0.3) is 0 Å². The van der Waals surface area contributed by atoms with Crippen LogP contribution in [0.4, 0.5) is 35.1 Å². The maximum absolute atomic E-state index is 13.1. The molecule has 0 aromatic rings. The van der Waals surface area contributed by atoms with E-state index in [0.29, 0.717) is 0 Å². The van der Waals surface area contributed by atoms with Crippen molar-refractivity contribution in [2.24, 2.45) is 0 Å². The molecule has 138 valence electrons. The molecule has 0 fully saturated rings. The molecule has 0 aromatic carbocycles. The largest absolute Gasteiger partial charge is 1.00 e. The zero-order chi connectivity index (χ0) is 18.5. The zero-order valence-electron chi connectivity index (χ0n) is 12.0. The van der Waals surface area contributed by atoms with Crippen LogP contribution in [0, 0.1) is 0 Å². The van der Waals surface area contributed by atoms with Crippen LogP contribution in [0.2, 0.25) is 0 Å². The van der Waals surface area contributed by atoms with Crippen molar-refractivity contribution in [3.05, 3.63) is 0 Å². The number of carbonyl (C=O) groups is 1. The van der Waals surface area contributed by atoms with E-state index in [2.05, 4.69) is 14.1 Å². The summed E-state index contributed by atoms with van der Waals surface area (Å²) in [4.78, 5) is 11.1. The molecule has 1 unspecified atom stereocenters. The number of carbonyl (C=O) groups excluding carboxylic acids is 1. The van der Waals surface area contributed by atoms with Gasteiger partial charge in [0.1, 0.15) is 5.25 Å². The molecule has 5 nitrogen and oxygen atoms in total. The van der Waals surface area contributed by atoms with Crippen molar-refractivity contribution in [2.45, 2.75) is 42.8 Å². The van der Waals surface area contributed by atoms with Crippen molar-refractivity contribution < 1.29 is 88.8 Å². The van der Waals surface area contributed by atoms with Gasteiger partial charge in [0.15, 0.2) is 0 Å². The van der Waals surface area contributed by atoms with Crippen LogP contribution in [-0.2, 0) is 18.9 Å². The summed E-state index contributed by atoms with van der Waals surface area (Å²) in [6, 6.07) is 0. The van der Waals surface area contributed by atoms with Crippen LogP contribution in [0.5, 0.6) is 0 Å².